The van der Waals surface area contributed by atoms with Crippen LogP contribution in [0.25, 0.3) is 0 Å². The molecule has 168 valence electrons. The molecule has 2 aromatic heterocycles. The van der Waals surface area contributed by atoms with Crippen molar-refractivity contribution in [2.75, 3.05) is 36.4 Å². The second kappa shape index (κ2) is 9.58. The molecule has 0 unspecified atom stereocenters. The number of nitrogens with zero attached hydrogens (tertiary/aromatic N) is 4. The minimum Gasteiger partial charge on any atom is -0.338 e. The van der Waals surface area contributed by atoms with Gasteiger partial charge in [-0.25, -0.2) is 24.1 Å². The molecule has 1 aliphatic rings. The molecule has 0 saturated carbocycles. The molecule has 2 amide bonds. The Labute approximate surface area is 190 Å². The van der Waals surface area contributed by atoms with E-state index in [9.17, 15) is 9.18 Å². The first-order valence-electron chi connectivity index (χ1n) is 10.5. The van der Waals surface area contributed by atoms with Crippen LogP contribution in [0, 0.1) is 5.82 Å². The molecule has 10 heteroatoms. The molecule has 0 atom stereocenters. The van der Waals surface area contributed by atoms with Crippen LogP contribution in [0.5, 0.6) is 0 Å². The molecule has 3 aromatic rings. The lowest BCUT2D eigenvalue weighted by Gasteiger charge is -2.27. The Morgan fingerprint density at radius 3 is 2.56 bits per heavy atom. The predicted octanol–water partition coefficient (Wildman–Crippen LogP) is 3.13. The fourth-order valence-corrected chi connectivity index (χ4v) is 4.30. The average Bonchev–Trinajstić information content (AvgIpc) is 3.28. The number of hydrogen-bond donors (Lipinski definition) is 3. The molecule has 0 radical (unpaired) electrons. The standard InChI is InChI=1S/C22H26FN7OS/c1-22(2,16-3-5-17(23)6-4-16)18-14-32-21(28-18)29-20(31)27-13-15-11-25-19(26-12-15)30-9-7-24-8-10-30/h3-6,11-12,14,24H,7-10,13H2,1-2H3,(H2,27,28,29,31). The number of halogens is 1. The zero-order chi connectivity index (χ0) is 22.6. The third kappa shape index (κ3) is 5.20. The van der Waals surface area contributed by atoms with Gasteiger partial charge in [-0.15, -0.1) is 11.3 Å². The minimum absolute atomic E-state index is 0.273. The Balaban J connectivity index is 1.31. The van der Waals surface area contributed by atoms with Gasteiger partial charge in [-0.05, 0) is 17.7 Å². The Morgan fingerprint density at radius 1 is 1.19 bits per heavy atom. The SMILES string of the molecule is CC(C)(c1ccc(F)cc1)c1csc(NC(=O)NCc2cnc(N3CCNCC3)nc2)n1. The molecule has 32 heavy (non-hydrogen) atoms. The van der Waals surface area contributed by atoms with Gasteiger partial charge in [-0.1, -0.05) is 26.0 Å². The fourth-order valence-electron chi connectivity index (χ4n) is 3.42. The summed E-state index contributed by atoms with van der Waals surface area (Å²) in [4.78, 5) is 27.8. The molecule has 1 aromatic carbocycles. The van der Waals surface area contributed by atoms with Crippen LogP contribution in [-0.2, 0) is 12.0 Å². The summed E-state index contributed by atoms with van der Waals surface area (Å²) in [6, 6.07) is 6.04. The molecule has 8 nitrogen and oxygen atoms in total. The molecular formula is C22H26FN7OS. The van der Waals surface area contributed by atoms with Crippen molar-refractivity contribution >= 4 is 28.4 Å². The number of hydrogen-bond acceptors (Lipinski definition) is 7. The van der Waals surface area contributed by atoms with Gasteiger partial charge in [0.05, 0.1) is 5.69 Å². The van der Waals surface area contributed by atoms with Crippen LogP contribution in [-0.4, -0.2) is 47.2 Å². The lowest BCUT2D eigenvalue weighted by atomic mass is 9.82. The van der Waals surface area contributed by atoms with Gasteiger partial charge in [0.15, 0.2) is 5.13 Å². The fraction of sp³-hybridized carbons (Fsp3) is 0.364. The first kappa shape index (κ1) is 22.1. The quantitative estimate of drug-likeness (QED) is 0.529. The third-order valence-corrected chi connectivity index (χ3v) is 6.23. The van der Waals surface area contributed by atoms with E-state index in [1.54, 1.807) is 24.5 Å². The number of carbonyl (C=O) groups excluding carboxylic acids is 1. The first-order valence-corrected chi connectivity index (χ1v) is 11.3. The molecule has 0 spiro atoms. The summed E-state index contributed by atoms with van der Waals surface area (Å²) in [6.07, 6.45) is 3.47. The van der Waals surface area contributed by atoms with E-state index in [-0.39, 0.29) is 11.8 Å². The summed E-state index contributed by atoms with van der Waals surface area (Å²) in [5.74, 6) is 0.435. The van der Waals surface area contributed by atoms with E-state index >= 15 is 0 Å². The highest BCUT2D eigenvalue weighted by molar-refractivity contribution is 7.13. The number of urea groups is 1. The van der Waals surface area contributed by atoms with Crippen molar-refractivity contribution in [3.05, 3.63) is 64.7 Å². The van der Waals surface area contributed by atoms with E-state index in [4.69, 9.17) is 0 Å². The molecular weight excluding hydrogens is 429 g/mol. The number of amides is 2. The van der Waals surface area contributed by atoms with Crippen molar-refractivity contribution in [1.82, 2.24) is 25.6 Å². The number of nitrogens with one attached hydrogen (secondary N) is 3. The van der Waals surface area contributed by atoms with Crippen molar-refractivity contribution in [1.29, 1.82) is 0 Å². The molecule has 0 aliphatic carbocycles. The van der Waals surface area contributed by atoms with Crippen LogP contribution in [0.2, 0.25) is 0 Å². The lowest BCUT2D eigenvalue weighted by Crippen LogP contribution is -2.44. The maximum Gasteiger partial charge on any atom is 0.321 e. The van der Waals surface area contributed by atoms with Crippen molar-refractivity contribution in [2.24, 2.45) is 0 Å². The first-order chi connectivity index (χ1) is 15.4. The normalized spacial score (nSPS) is 14.3. The van der Waals surface area contributed by atoms with Crippen molar-refractivity contribution in [3.63, 3.8) is 0 Å². The second-order valence-electron chi connectivity index (χ2n) is 8.11. The summed E-state index contributed by atoms with van der Waals surface area (Å²) < 4.78 is 13.2. The number of rotatable bonds is 6. The zero-order valence-electron chi connectivity index (χ0n) is 18.1. The predicted molar refractivity (Wildman–Crippen MR) is 124 cm³/mol. The summed E-state index contributed by atoms with van der Waals surface area (Å²) in [5.41, 5.74) is 2.16. The van der Waals surface area contributed by atoms with Crippen molar-refractivity contribution in [3.8, 4) is 0 Å². The van der Waals surface area contributed by atoms with E-state index in [1.807, 2.05) is 19.2 Å². The Hall–Kier alpha value is -3.11. The van der Waals surface area contributed by atoms with Crippen LogP contribution in [0.3, 0.4) is 0 Å². The Bertz CT molecular complexity index is 1050. The van der Waals surface area contributed by atoms with E-state index in [1.165, 1.54) is 23.5 Å². The summed E-state index contributed by atoms with van der Waals surface area (Å²) in [7, 11) is 0. The van der Waals surface area contributed by atoms with Crippen LogP contribution >= 0.6 is 11.3 Å². The van der Waals surface area contributed by atoms with E-state index in [2.05, 4.69) is 35.8 Å². The summed E-state index contributed by atoms with van der Waals surface area (Å²) in [6.45, 7) is 7.96. The topological polar surface area (TPSA) is 95.1 Å². The van der Waals surface area contributed by atoms with Crippen LogP contribution in [0.4, 0.5) is 20.3 Å². The average molecular weight is 456 g/mol. The van der Waals surface area contributed by atoms with E-state index < -0.39 is 5.41 Å². The third-order valence-electron chi connectivity index (χ3n) is 5.48. The van der Waals surface area contributed by atoms with Gasteiger partial charge in [0.25, 0.3) is 0 Å². The number of piperazine rings is 1. The summed E-state index contributed by atoms with van der Waals surface area (Å²) in [5, 5.41) is 11.3. The zero-order valence-corrected chi connectivity index (χ0v) is 18.9. The van der Waals surface area contributed by atoms with Gasteiger partial charge < -0.3 is 15.5 Å². The number of carbonyl (C=O) groups is 1. The molecule has 4 rings (SSSR count). The number of benzene rings is 1. The highest BCUT2D eigenvalue weighted by Crippen LogP contribution is 2.33. The van der Waals surface area contributed by atoms with Gasteiger partial charge in [0.1, 0.15) is 5.82 Å². The Morgan fingerprint density at radius 2 is 1.88 bits per heavy atom. The van der Waals surface area contributed by atoms with Crippen LogP contribution in [0.15, 0.2) is 42.0 Å². The van der Waals surface area contributed by atoms with Gasteiger partial charge in [0, 0.05) is 61.5 Å². The molecule has 0 bridgehead atoms. The summed E-state index contributed by atoms with van der Waals surface area (Å²) >= 11 is 1.35. The highest BCUT2D eigenvalue weighted by Gasteiger charge is 2.26. The van der Waals surface area contributed by atoms with Crippen molar-refractivity contribution < 1.29 is 9.18 Å². The molecule has 3 N–H and O–H groups in total. The molecule has 3 heterocycles. The van der Waals surface area contributed by atoms with Gasteiger partial charge in [0.2, 0.25) is 5.95 Å². The Kier molecular flexibility index (Phi) is 6.61. The number of thiazole rings is 1. The highest BCUT2D eigenvalue weighted by atomic mass is 32.1. The minimum atomic E-state index is -0.413. The number of anilines is 2. The monoisotopic (exact) mass is 455 g/mol. The molecule has 1 fully saturated rings. The van der Waals surface area contributed by atoms with Crippen LogP contribution < -0.4 is 20.9 Å². The second-order valence-corrected chi connectivity index (χ2v) is 8.96. The van der Waals surface area contributed by atoms with Crippen LogP contribution in [0.1, 0.15) is 30.7 Å². The maximum atomic E-state index is 13.2. The molecule has 1 aliphatic heterocycles. The van der Waals surface area contributed by atoms with Gasteiger partial charge in [-0.3, -0.25) is 5.32 Å². The molecule has 1 saturated heterocycles. The van der Waals surface area contributed by atoms with Gasteiger partial charge >= 0.3 is 6.03 Å². The number of aromatic nitrogens is 3. The van der Waals surface area contributed by atoms with Gasteiger partial charge in [-0.2, -0.15) is 0 Å². The van der Waals surface area contributed by atoms with Crippen molar-refractivity contribution in [2.45, 2.75) is 25.8 Å². The maximum absolute atomic E-state index is 13.2. The lowest BCUT2D eigenvalue weighted by molar-refractivity contribution is 0.251. The van der Waals surface area contributed by atoms with E-state index in [0.29, 0.717) is 17.6 Å². The largest absolute Gasteiger partial charge is 0.338 e. The van der Waals surface area contributed by atoms with E-state index in [0.717, 1.165) is 43.0 Å². The smallest absolute Gasteiger partial charge is 0.321 e.